The summed E-state index contributed by atoms with van der Waals surface area (Å²) in [6.07, 6.45) is -2.76. The second-order valence-electron chi connectivity index (χ2n) is 8.11. The molecule has 2 atom stereocenters. The molecular formula is C21H18Cl2F2N4O7S. The summed E-state index contributed by atoms with van der Waals surface area (Å²) in [4.78, 5) is 24.9. The molecular weight excluding hydrogens is 561 g/mol. The van der Waals surface area contributed by atoms with Crippen LogP contribution < -0.4 is 20.7 Å². The molecule has 0 unspecified atom stereocenters. The normalized spacial score (nSPS) is 17.9. The molecule has 1 aliphatic carbocycles. The van der Waals surface area contributed by atoms with Crippen molar-refractivity contribution in [3.63, 3.8) is 0 Å². The number of aromatic nitrogens is 3. The van der Waals surface area contributed by atoms with Crippen molar-refractivity contribution in [2.24, 2.45) is 0 Å². The van der Waals surface area contributed by atoms with Gasteiger partial charge in [0, 0.05) is 12.1 Å². The molecule has 1 aromatic heterocycles. The maximum atomic E-state index is 13.0. The molecule has 0 saturated heterocycles. The fraction of sp³-hybridized carbons (Fsp3) is 0.286. The zero-order chi connectivity index (χ0) is 27.1. The molecule has 16 heteroatoms. The number of aliphatic hydroxyl groups is 1. The van der Waals surface area contributed by atoms with Gasteiger partial charge in [-0.05, 0) is 43.5 Å². The van der Waals surface area contributed by atoms with Crippen molar-refractivity contribution in [1.29, 1.82) is 0 Å². The molecule has 1 fully saturated rings. The van der Waals surface area contributed by atoms with Gasteiger partial charge < -0.3 is 14.9 Å². The molecule has 37 heavy (non-hydrogen) atoms. The number of hydrogen-bond acceptors (Lipinski definition) is 8. The number of hydrogen-bond donors (Lipinski definition) is 4. The third-order valence-electron chi connectivity index (χ3n) is 5.45. The van der Waals surface area contributed by atoms with Crippen LogP contribution in [0.25, 0.3) is 5.69 Å². The maximum absolute atomic E-state index is 13.0. The molecule has 2 aromatic carbocycles. The van der Waals surface area contributed by atoms with E-state index in [4.69, 9.17) is 27.9 Å². The Morgan fingerprint density at radius 3 is 2.43 bits per heavy atom. The summed E-state index contributed by atoms with van der Waals surface area (Å²) in [5.41, 5.74) is -3.82. The van der Waals surface area contributed by atoms with E-state index in [0.717, 1.165) is 24.3 Å². The molecule has 0 aliphatic heterocycles. The first-order chi connectivity index (χ1) is 17.4. The standard InChI is InChI=1S/C21H18Cl2F2N4O7S/c22-13-6-10(29-21(33)26-20(32)17(27-29)19(24)25)7-14(23)18(13)36-12-3-4-15(31)16(8-12)37(34,35)28-9-1-2-11(30)5-9/h3-4,6-9,11,19,28,30-31H,1-2,5H2,(H,26,32,33)/t9-,11-/m1/s1. The van der Waals surface area contributed by atoms with Crippen LogP contribution in [0.5, 0.6) is 17.2 Å². The molecule has 1 aliphatic rings. The SMILES string of the molecule is O=c1[nH]c(=O)n(-c2cc(Cl)c(Oc3ccc(O)c(S(=O)(=O)N[C@@H]4CC[C@@H](O)C4)c3)c(Cl)c2)nc1C(F)F. The van der Waals surface area contributed by atoms with Gasteiger partial charge in [-0.3, -0.25) is 9.78 Å². The Balaban J connectivity index is 1.65. The zero-order valence-electron chi connectivity index (χ0n) is 18.5. The lowest BCUT2D eigenvalue weighted by atomic mass is 10.3. The third kappa shape index (κ3) is 5.78. The van der Waals surface area contributed by atoms with Gasteiger partial charge in [0.05, 0.1) is 21.8 Å². The van der Waals surface area contributed by atoms with Crippen molar-refractivity contribution in [1.82, 2.24) is 19.5 Å². The highest BCUT2D eigenvalue weighted by Crippen LogP contribution is 2.39. The highest BCUT2D eigenvalue weighted by molar-refractivity contribution is 7.89. The van der Waals surface area contributed by atoms with Crippen LogP contribution >= 0.6 is 23.2 Å². The number of H-pyrrole nitrogens is 1. The number of aromatic amines is 1. The topological polar surface area (TPSA) is 164 Å². The number of phenols is 1. The lowest BCUT2D eigenvalue weighted by molar-refractivity contribution is 0.141. The van der Waals surface area contributed by atoms with E-state index >= 15 is 0 Å². The minimum absolute atomic E-state index is 0.0829. The van der Waals surface area contributed by atoms with Crippen LogP contribution in [0.2, 0.25) is 10.0 Å². The van der Waals surface area contributed by atoms with Gasteiger partial charge >= 0.3 is 5.69 Å². The molecule has 0 radical (unpaired) electrons. The predicted molar refractivity (Wildman–Crippen MR) is 128 cm³/mol. The smallest absolute Gasteiger partial charge is 0.349 e. The van der Waals surface area contributed by atoms with Crippen LogP contribution in [0.3, 0.4) is 0 Å². The summed E-state index contributed by atoms with van der Waals surface area (Å²) in [5.74, 6) is -0.815. The molecule has 0 amide bonds. The van der Waals surface area contributed by atoms with Gasteiger partial charge in [-0.15, -0.1) is 0 Å². The monoisotopic (exact) mass is 578 g/mol. The number of nitrogens with zero attached hydrogens (tertiary/aromatic N) is 2. The van der Waals surface area contributed by atoms with E-state index in [9.17, 15) is 37.0 Å². The summed E-state index contributed by atoms with van der Waals surface area (Å²) in [7, 11) is -4.19. The maximum Gasteiger partial charge on any atom is 0.349 e. The number of aliphatic hydroxyl groups excluding tert-OH is 1. The minimum Gasteiger partial charge on any atom is -0.507 e. The molecule has 0 spiro atoms. The van der Waals surface area contributed by atoms with Crippen molar-refractivity contribution in [3.05, 3.63) is 66.9 Å². The van der Waals surface area contributed by atoms with Crippen molar-refractivity contribution in [3.8, 4) is 22.9 Å². The van der Waals surface area contributed by atoms with Crippen LogP contribution in [0.15, 0.2) is 44.8 Å². The van der Waals surface area contributed by atoms with Gasteiger partial charge in [-0.1, -0.05) is 23.2 Å². The summed E-state index contributed by atoms with van der Waals surface area (Å²) in [6, 6.07) is 5.07. The van der Waals surface area contributed by atoms with Crippen LogP contribution in [-0.4, -0.2) is 45.5 Å². The number of aromatic hydroxyl groups is 1. The quantitative estimate of drug-likeness (QED) is 0.332. The van der Waals surface area contributed by atoms with E-state index in [0.29, 0.717) is 17.5 Å². The first-order valence-electron chi connectivity index (χ1n) is 10.6. The van der Waals surface area contributed by atoms with E-state index in [1.165, 1.54) is 6.07 Å². The lowest BCUT2D eigenvalue weighted by Gasteiger charge is -2.16. The van der Waals surface area contributed by atoms with E-state index in [1.54, 1.807) is 4.98 Å². The van der Waals surface area contributed by atoms with Gasteiger partial charge in [-0.25, -0.2) is 26.7 Å². The second kappa shape index (κ2) is 10.4. The Morgan fingerprint density at radius 2 is 1.84 bits per heavy atom. The largest absolute Gasteiger partial charge is 0.507 e. The molecule has 1 saturated carbocycles. The van der Waals surface area contributed by atoms with E-state index in [-0.39, 0.29) is 33.7 Å². The van der Waals surface area contributed by atoms with Crippen molar-refractivity contribution >= 4 is 33.2 Å². The molecule has 4 rings (SSSR count). The molecule has 4 N–H and O–H groups in total. The predicted octanol–water partition coefficient (Wildman–Crippen LogP) is 2.85. The Bertz CT molecular complexity index is 1560. The van der Waals surface area contributed by atoms with Gasteiger partial charge in [-0.2, -0.15) is 9.78 Å². The van der Waals surface area contributed by atoms with Crippen molar-refractivity contribution < 1.29 is 32.1 Å². The summed E-state index contributed by atoms with van der Waals surface area (Å²) >= 11 is 12.5. The van der Waals surface area contributed by atoms with E-state index in [1.807, 2.05) is 0 Å². The fourth-order valence-electron chi connectivity index (χ4n) is 3.74. The third-order valence-corrected chi connectivity index (χ3v) is 7.57. The fourth-order valence-corrected chi connectivity index (χ4v) is 5.68. The van der Waals surface area contributed by atoms with Crippen LogP contribution in [0.4, 0.5) is 8.78 Å². The molecule has 198 valence electrons. The van der Waals surface area contributed by atoms with E-state index < -0.39 is 56.2 Å². The number of ether oxygens (including phenoxy) is 1. The first-order valence-corrected chi connectivity index (χ1v) is 12.8. The van der Waals surface area contributed by atoms with E-state index in [2.05, 4.69) is 9.82 Å². The Labute approximate surface area is 217 Å². The van der Waals surface area contributed by atoms with Crippen LogP contribution in [0, 0.1) is 0 Å². The van der Waals surface area contributed by atoms with Gasteiger partial charge in [0.15, 0.2) is 11.4 Å². The average Bonchev–Trinajstić information content (AvgIpc) is 3.20. The number of rotatable bonds is 7. The van der Waals surface area contributed by atoms with Gasteiger partial charge in [0.1, 0.15) is 16.4 Å². The zero-order valence-corrected chi connectivity index (χ0v) is 20.8. The summed E-state index contributed by atoms with van der Waals surface area (Å²) < 4.78 is 60.2. The van der Waals surface area contributed by atoms with Crippen LogP contribution in [0.1, 0.15) is 31.4 Å². The number of nitrogens with one attached hydrogen (secondary N) is 2. The number of sulfonamides is 1. The highest BCUT2D eigenvalue weighted by atomic mass is 35.5. The second-order valence-corrected chi connectivity index (χ2v) is 10.6. The Morgan fingerprint density at radius 1 is 1.16 bits per heavy atom. The number of benzene rings is 2. The van der Waals surface area contributed by atoms with Crippen molar-refractivity contribution in [2.45, 2.75) is 42.7 Å². The Hall–Kier alpha value is -3.04. The number of alkyl halides is 2. The average molecular weight is 579 g/mol. The molecule has 0 bridgehead atoms. The molecule has 1 heterocycles. The molecule has 11 nitrogen and oxygen atoms in total. The first kappa shape index (κ1) is 27.0. The number of phenolic OH excluding ortho intramolecular Hbond substituents is 1. The van der Waals surface area contributed by atoms with Gasteiger partial charge in [0.2, 0.25) is 10.0 Å². The minimum atomic E-state index is -4.19. The highest BCUT2D eigenvalue weighted by Gasteiger charge is 2.29. The van der Waals surface area contributed by atoms with Crippen molar-refractivity contribution in [2.75, 3.05) is 0 Å². The summed E-state index contributed by atoms with van der Waals surface area (Å²) in [6.45, 7) is 0. The number of halogens is 4. The van der Waals surface area contributed by atoms with Gasteiger partial charge in [0.25, 0.3) is 12.0 Å². The van der Waals surface area contributed by atoms with Crippen LogP contribution in [-0.2, 0) is 10.0 Å². The summed E-state index contributed by atoms with van der Waals surface area (Å²) in [5, 5.41) is 22.7. The molecule has 3 aromatic rings. The lowest BCUT2D eigenvalue weighted by Crippen LogP contribution is -2.34. The Kier molecular flexibility index (Phi) is 7.57.